The highest BCUT2D eigenvalue weighted by Gasteiger charge is 2.14. The smallest absolute Gasteiger partial charge is 0.161 e. The van der Waals surface area contributed by atoms with Gasteiger partial charge in [0.25, 0.3) is 0 Å². The van der Waals surface area contributed by atoms with E-state index >= 15 is 0 Å². The van der Waals surface area contributed by atoms with Crippen molar-refractivity contribution >= 4 is 9.76 Å². The summed E-state index contributed by atoms with van der Waals surface area (Å²) >= 11 is 0. The van der Waals surface area contributed by atoms with Crippen molar-refractivity contribution in [3.63, 3.8) is 0 Å². The first-order chi connectivity index (χ1) is 9.20. The van der Waals surface area contributed by atoms with Gasteiger partial charge in [-0.25, -0.2) is 0 Å². The van der Waals surface area contributed by atoms with Gasteiger partial charge in [-0.1, -0.05) is 59.7 Å². The Bertz CT molecular complexity index is 456. The molecule has 0 fully saturated rings. The Morgan fingerprint density at radius 1 is 0.842 bits per heavy atom. The highest BCUT2D eigenvalue weighted by molar-refractivity contribution is 6.27. The van der Waals surface area contributed by atoms with Crippen molar-refractivity contribution in [2.75, 3.05) is 7.11 Å². The van der Waals surface area contributed by atoms with Crippen LogP contribution in [0.15, 0.2) is 48.5 Å². The SMILES string of the molecule is CO[SiH2]CC(c1ccc(C)cc1)c1ccc(C)cc1. The molecule has 0 bridgehead atoms. The average molecular weight is 270 g/mol. The molecule has 0 N–H and O–H groups in total. The highest BCUT2D eigenvalue weighted by Crippen LogP contribution is 2.28. The first kappa shape index (κ1) is 14.0. The van der Waals surface area contributed by atoms with Crippen LogP contribution in [-0.2, 0) is 4.43 Å². The second-order valence-electron chi connectivity index (χ2n) is 5.16. The van der Waals surface area contributed by atoms with Crippen molar-refractivity contribution in [2.24, 2.45) is 0 Å². The van der Waals surface area contributed by atoms with Gasteiger partial charge in [0, 0.05) is 13.0 Å². The number of benzene rings is 2. The Balaban J connectivity index is 2.29. The van der Waals surface area contributed by atoms with E-state index in [2.05, 4.69) is 62.4 Å². The molecule has 2 aromatic carbocycles. The minimum absolute atomic E-state index is 0.433. The number of hydrogen-bond acceptors (Lipinski definition) is 1. The summed E-state index contributed by atoms with van der Waals surface area (Å²) in [4.78, 5) is 0. The quantitative estimate of drug-likeness (QED) is 0.755. The number of hydrogen-bond donors (Lipinski definition) is 0. The molecule has 0 saturated heterocycles. The van der Waals surface area contributed by atoms with E-state index in [1.54, 1.807) is 0 Å². The lowest BCUT2D eigenvalue weighted by Crippen LogP contribution is -2.06. The molecule has 0 atom stereocenters. The van der Waals surface area contributed by atoms with E-state index < -0.39 is 9.76 Å². The van der Waals surface area contributed by atoms with Gasteiger partial charge in [-0.05, 0) is 31.0 Å². The first-order valence-electron chi connectivity index (χ1n) is 6.83. The van der Waals surface area contributed by atoms with Crippen LogP contribution in [0, 0.1) is 13.8 Å². The van der Waals surface area contributed by atoms with E-state index in [0.717, 1.165) is 6.04 Å². The Kier molecular flexibility index (Phi) is 4.94. The minimum atomic E-state index is -0.433. The van der Waals surface area contributed by atoms with Crippen LogP contribution in [0.3, 0.4) is 0 Å². The zero-order chi connectivity index (χ0) is 13.7. The highest BCUT2D eigenvalue weighted by atomic mass is 28.2. The van der Waals surface area contributed by atoms with Gasteiger partial charge < -0.3 is 4.43 Å². The molecule has 2 rings (SSSR count). The van der Waals surface area contributed by atoms with Gasteiger partial charge in [0.05, 0.1) is 0 Å². The molecule has 2 aromatic rings. The fraction of sp³-hybridized carbons (Fsp3) is 0.294. The first-order valence-corrected chi connectivity index (χ1v) is 8.40. The molecular weight excluding hydrogens is 248 g/mol. The van der Waals surface area contributed by atoms with Gasteiger partial charge in [-0.3, -0.25) is 0 Å². The summed E-state index contributed by atoms with van der Waals surface area (Å²) in [6.07, 6.45) is 0. The molecule has 0 amide bonds. The molecule has 0 radical (unpaired) electrons. The molecule has 1 nitrogen and oxygen atoms in total. The van der Waals surface area contributed by atoms with E-state index in [-0.39, 0.29) is 0 Å². The summed E-state index contributed by atoms with van der Waals surface area (Å²) in [5.74, 6) is 0.479. The number of rotatable bonds is 5. The summed E-state index contributed by atoms with van der Waals surface area (Å²) in [5, 5.41) is 0. The van der Waals surface area contributed by atoms with Crippen molar-refractivity contribution in [1.82, 2.24) is 0 Å². The minimum Gasteiger partial charge on any atom is -0.427 e. The van der Waals surface area contributed by atoms with Gasteiger partial charge >= 0.3 is 0 Å². The zero-order valence-corrected chi connectivity index (χ0v) is 13.4. The fourth-order valence-electron chi connectivity index (χ4n) is 2.36. The second kappa shape index (κ2) is 6.69. The van der Waals surface area contributed by atoms with Crippen LogP contribution >= 0.6 is 0 Å². The molecule has 19 heavy (non-hydrogen) atoms. The number of aryl methyl sites for hydroxylation is 2. The van der Waals surface area contributed by atoms with E-state index in [4.69, 9.17) is 4.43 Å². The molecular formula is C17H22OSi. The van der Waals surface area contributed by atoms with Crippen molar-refractivity contribution in [3.8, 4) is 0 Å². The summed E-state index contributed by atoms with van der Waals surface area (Å²) in [6, 6.07) is 19.0. The van der Waals surface area contributed by atoms with Crippen molar-refractivity contribution in [1.29, 1.82) is 0 Å². The molecule has 0 aliphatic rings. The maximum Gasteiger partial charge on any atom is 0.161 e. The van der Waals surface area contributed by atoms with Crippen LogP contribution in [-0.4, -0.2) is 16.9 Å². The predicted octanol–water partition coefficient (Wildman–Crippen LogP) is 3.58. The molecule has 2 heteroatoms. The molecule has 0 aliphatic heterocycles. The fourth-order valence-corrected chi connectivity index (χ4v) is 3.50. The summed E-state index contributed by atoms with van der Waals surface area (Å²) in [7, 11) is 1.39. The maximum absolute atomic E-state index is 5.40. The normalized spacial score (nSPS) is 11.6. The molecule has 0 saturated carbocycles. The van der Waals surface area contributed by atoms with Gasteiger partial charge in [0.1, 0.15) is 0 Å². The lowest BCUT2D eigenvalue weighted by Gasteiger charge is -2.18. The Hall–Kier alpha value is -1.38. The van der Waals surface area contributed by atoms with Crippen LogP contribution in [0.4, 0.5) is 0 Å². The summed E-state index contributed by atoms with van der Waals surface area (Å²) in [5.41, 5.74) is 5.43. The third-order valence-electron chi connectivity index (χ3n) is 3.57. The molecule has 0 heterocycles. The molecule has 0 aliphatic carbocycles. The summed E-state index contributed by atoms with van der Waals surface area (Å²) in [6.45, 7) is 4.27. The summed E-state index contributed by atoms with van der Waals surface area (Å²) < 4.78 is 5.40. The van der Waals surface area contributed by atoms with Crippen LogP contribution < -0.4 is 0 Å². The second-order valence-corrected chi connectivity index (χ2v) is 6.72. The maximum atomic E-state index is 5.40. The van der Waals surface area contributed by atoms with Gasteiger partial charge in [0.2, 0.25) is 0 Å². The van der Waals surface area contributed by atoms with Crippen LogP contribution in [0.5, 0.6) is 0 Å². The topological polar surface area (TPSA) is 9.23 Å². The molecule has 0 spiro atoms. The third kappa shape index (κ3) is 3.79. The molecule has 0 aromatic heterocycles. The van der Waals surface area contributed by atoms with E-state index in [1.807, 2.05) is 7.11 Å². The Morgan fingerprint density at radius 3 is 1.63 bits per heavy atom. The monoisotopic (exact) mass is 270 g/mol. The van der Waals surface area contributed by atoms with Crippen molar-refractivity contribution in [3.05, 3.63) is 70.8 Å². The molecule has 0 unspecified atom stereocenters. The third-order valence-corrected chi connectivity index (χ3v) is 4.79. The Labute approximate surface area is 118 Å². The van der Waals surface area contributed by atoms with Crippen molar-refractivity contribution < 1.29 is 4.43 Å². The van der Waals surface area contributed by atoms with Crippen molar-refractivity contribution in [2.45, 2.75) is 25.8 Å². The van der Waals surface area contributed by atoms with E-state index in [9.17, 15) is 0 Å². The van der Waals surface area contributed by atoms with E-state index in [0.29, 0.717) is 5.92 Å². The predicted molar refractivity (Wildman–Crippen MR) is 84.6 cm³/mol. The lowest BCUT2D eigenvalue weighted by molar-refractivity contribution is 0.439. The standard InChI is InChI=1S/C17H22OSi/c1-13-4-8-15(9-5-13)17(12-19-18-3)16-10-6-14(2)7-11-16/h4-11,17H,12,19H2,1-3H3. The lowest BCUT2D eigenvalue weighted by atomic mass is 9.92. The van der Waals surface area contributed by atoms with Crippen LogP contribution in [0.2, 0.25) is 6.04 Å². The van der Waals surface area contributed by atoms with Crippen LogP contribution in [0.25, 0.3) is 0 Å². The van der Waals surface area contributed by atoms with Gasteiger partial charge in [-0.2, -0.15) is 0 Å². The van der Waals surface area contributed by atoms with Crippen LogP contribution in [0.1, 0.15) is 28.2 Å². The van der Waals surface area contributed by atoms with Gasteiger partial charge in [0.15, 0.2) is 9.76 Å². The molecule has 100 valence electrons. The van der Waals surface area contributed by atoms with E-state index in [1.165, 1.54) is 22.3 Å². The average Bonchev–Trinajstić information content (AvgIpc) is 2.43. The Morgan fingerprint density at radius 2 is 1.26 bits per heavy atom. The van der Waals surface area contributed by atoms with Gasteiger partial charge in [-0.15, -0.1) is 0 Å². The largest absolute Gasteiger partial charge is 0.427 e. The zero-order valence-electron chi connectivity index (χ0n) is 12.0.